The second kappa shape index (κ2) is 9.89. The van der Waals surface area contributed by atoms with Crippen LogP contribution in [0.5, 0.6) is 0 Å². The highest BCUT2D eigenvalue weighted by molar-refractivity contribution is 8.26. The third kappa shape index (κ3) is 4.45. The van der Waals surface area contributed by atoms with Crippen molar-refractivity contribution in [1.29, 1.82) is 0 Å². The van der Waals surface area contributed by atoms with Crippen LogP contribution in [0.15, 0.2) is 53.4 Å². The minimum Gasteiger partial charge on any atom is -0.308 e. The highest BCUT2D eigenvalue weighted by Gasteiger charge is 2.42. The Morgan fingerprint density at radius 3 is 2.48 bits per heavy atom. The third-order valence-corrected chi connectivity index (χ3v) is 7.13. The summed E-state index contributed by atoms with van der Waals surface area (Å²) in [5, 5.41) is 1.07. The molecule has 0 atom stereocenters. The van der Waals surface area contributed by atoms with Gasteiger partial charge in [-0.15, -0.1) is 0 Å². The molecule has 2 aromatic rings. The molecule has 0 aromatic heterocycles. The molecule has 4 rings (SSSR count). The van der Waals surface area contributed by atoms with Gasteiger partial charge in [0.15, 0.2) is 4.32 Å². The van der Waals surface area contributed by atoms with Crippen LogP contribution >= 0.6 is 24.0 Å². The van der Waals surface area contributed by atoms with Crippen LogP contribution < -0.4 is 10.3 Å². The van der Waals surface area contributed by atoms with Crippen molar-refractivity contribution in [2.24, 2.45) is 0 Å². The second-order valence-electron chi connectivity index (χ2n) is 8.00. The molecule has 2 aliphatic rings. The molecule has 8 heteroatoms. The van der Waals surface area contributed by atoms with Crippen LogP contribution in [0, 0.1) is 6.92 Å². The number of fused-ring (bicyclic) bond motifs is 1. The molecule has 0 saturated carbocycles. The average molecular weight is 480 g/mol. The van der Waals surface area contributed by atoms with E-state index in [1.165, 1.54) is 0 Å². The number of unbranched alkanes of at least 4 members (excludes halogenated alkanes) is 3. The molecule has 33 heavy (non-hydrogen) atoms. The Labute approximate surface area is 203 Å². The van der Waals surface area contributed by atoms with E-state index in [-0.39, 0.29) is 15.1 Å². The van der Waals surface area contributed by atoms with Crippen LogP contribution in [-0.4, -0.2) is 33.6 Å². The monoisotopic (exact) mass is 479 g/mol. The lowest BCUT2D eigenvalue weighted by molar-refractivity contribution is -0.124. The van der Waals surface area contributed by atoms with Gasteiger partial charge >= 0.3 is 0 Å². The summed E-state index contributed by atoms with van der Waals surface area (Å²) in [6.45, 7) is 4.57. The molecule has 1 N–H and O–H groups in total. The number of carbonyl (C=O) groups excluding carboxylic acids is 3. The van der Waals surface area contributed by atoms with E-state index in [9.17, 15) is 14.4 Å². The number of anilines is 1. The van der Waals surface area contributed by atoms with E-state index in [1.807, 2.05) is 43.3 Å². The Morgan fingerprint density at radius 1 is 1.00 bits per heavy atom. The van der Waals surface area contributed by atoms with Gasteiger partial charge in [-0.3, -0.25) is 19.8 Å². The standard InChI is InChI=1S/C25H25N3O3S2/c1-3-4-5-10-15-27-19-14-9-8-13-18(19)20(23(27)30)21-24(31)28(25(32)33-21)26-22(29)17-12-7-6-11-16(17)2/h6-9,11-14H,3-5,10,15H2,1-2H3,(H,26,29)/b21-20-. The number of nitrogens with one attached hydrogen (secondary N) is 1. The molecular formula is C25H25N3O3S2. The highest BCUT2D eigenvalue weighted by atomic mass is 32.2. The number of amides is 3. The molecule has 170 valence electrons. The zero-order valence-corrected chi connectivity index (χ0v) is 20.2. The van der Waals surface area contributed by atoms with Gasteiger partial charge in [-0.1, -0.05) is 74.3 Å². The summed E-state index contributed by atoms with van der Waals surface area (Å²) in [7, 11) is 0. The van der Waals surface area contributed by atoms with E-state index < -0.39 is 11.8 Å². The first-order valence-corrected chi connectivity index (χ1v) is 12.2. The molecule has 1 saturated heterocycles. The van der Waals surface area contributed by atoms with E-state index >= 15 is 0 Å². The molecule has 3 amide bonds. The van der Waals surface area contributed by atoms with Gasteiger partial charge in [-0.2, -0.15) is 5.01 Å². The van der Waals surface area contributed by atoms with Gasteiger partial charge in [-0.05, 0) is 43.3 Å². The fourth-order valence-corrected chi connectivity index (χ4v) is 5.27. The molecule has 1 fully saturated rings. The Hall–Kier alpha value is -2.97. The van der Waals surface area contributed by atoms with Crippen molar-refractivity contribution < 1.29 is 14.4 Å². The minimum atomic E-state index is -0.488. The molecule has 2 aliphatic heterocycles. The Bertz CT molecular complexity index is 1170. The smallest absolute Gasteiger partial charge is 0.286 e. The second-order valence-corrected chi connectivity index (χ2v) is 9.65. The summed E-state index contributed by atoms with van der Waals surface area (Å²) in [5.74, 6) is -1.11. The zero-order chi connectivity index (χ0) is 23.5. The maximum absolute atomic E-state index is 13.4. The summed E-state index contributed by atoms with van der Waals surface area (Å²) in [6.07, 6.45) is 4.18. The lowest BCUT2D eigenvalue weighted by Gasteiger charge is -2.17. The fourth-order valence-electron chi connectivity index (χ4n) is 4.02. The number of thioether (sulfide) groups is 1. The topological polar surface area (TPSA) is 69.7 Å². The van der Waals surface area contributed by atoms with Crippen LogP contribution in [0.3, 0.4) is 0 Å². The van der Waals surface area contributed by atoms with Crippen LogP contribution in [0.25, 0.3) is 5.57 Å². The van der Waals surface area contributed by atoms with Crippen molar-refractivity contribution in [3.05, 3.63) is 70.1 Å². The van der Waals surface area contributed by atoms with Gasteiger partial charge < -0.3 is 4.90 Å². The highest BCUT2D eigenvalue weighted by Crippen LogP contribution is 2.44. The van der Waals surface area contributed by atoms with Crippen LogP contribution in [0.2, 0.25) is 0 Å². The molecular weight excluding hydrogens is 454 g/mol. The summed E-state index contributed by atoms with van der Waals surface area (Å²) in [4.78, 5) is 41.5. The maximum atomic E-state index is 13.4. The first-order valence-electron chi connectivity index (χ1n) is 11.0. The van der Waals surface area contributed by atoms with Gasteiger partial charge in [0.2, 0.25) is 0 Å². The molecule has 0 aliphatic carbocycles. The molecule has 0 radical (unpaired) electrons. The number of para-hydroxylation sites is 1. The molecule has 0 spiro atoms. The average Bonchev–Trinajstić information content (AvgIpc) is 3.24. The molecule has 0 unspecified atom stereocenters. The number of thiocarbonyl (C=S) groups is 1. The summed E-state index contributed by atoms with van der Waals surface area (Å²) in [5.41, 5.74) is 5.75. The van der Waals surface area contributed by atoms with E-state index in [0.29, 0.717) is 17.7 Å². The van der Waals surface area contributed by atoms with Gasteiger partial charge in [-0.25, -0.2) is 0 Å². The molecule has 0 bridgehead atoms. The number of benzene rings is 2. The van der Waals surface area contributed by atoms with Gasteiger partial charge in [0.25, 0.3) is 17.7 Å². The molecule has 2 heterocycles. The van der Waals surface area contributed by atoms with Gasteiger partial charge in [0, 0.05) is 17.7 Å². The third-order valence-electron chi connectivity index (χ3n) is 5.76. The first kappa shape index (κ1) is 23.2. The zero-order valence-electron chi connectivity index (χ0n) is 18.6. The quantitative estimate of drug-likeness (QED) is 0.350. The molecule has 2 aromatic carbocycles. The number of hydrogen-bond acceptors (Lipinski definition) is 5. The van der Waals surface area contributed by atoms with Crippen molar-refractivity contribution in [2.45, 2.75) is 39.5 Å². The van der Waals surface area contributed by atoms with E-state index in [4.69, 9.17) is 12.2 Å². The maximum Gasteiger partial charge on any atom is 0.286 e. The first-order chi connectivity index (χ1) is 15.9. The van der Waals surface area contributed by atoms with Crippen LogP contribution in [0.4, 0.5) is 5.69 Å². The summed E-state index contributed by atoms with van der Waals surface area (Å²) in [6, 6.07) is 14.6. The van der Waals surface area contributed by atoms with Crippen molar-refractivity contribution in [1.82, 2.24) is 10.4 Å². The predicted molar refractivity (Wildman–Crippen MR) is 136 cm³/mol. The molecule has 6 nitrogen and oxygen atoms in total. The number of rotatable bonds is 7. The Morgan fingerprint density at radius 2 is 1.73 bits per heavy atom. The normalized spacial score (nSPS) is 17.7. The Balaban J connectivity index is 1.62. The number of aryl methyl sites for hydroxylation is 1. The van der Waals surface area contributed by atoms with Crippen molar-refractivity contribution in [2.75, 3.05) is 11.4 Å². The number of hydrazine groups is 1. The summed E-state index contributed by atoms with van der Waals surface area (Å²) >= 11 is 6.44. The lowest BCUT2D eigenvalue weighted by atomic mass is 10.1. The van der Waals surface area contributed by atoms with Crippen molar-refractivity contribution in [3.8, 4) is 0 Å². The van der Waals surface area contributed by atoms with Crippen LogP contribution in [-0.2, 0) is 9.59 Å². The summed E-state index contributed by atoms with van der Waals surface area (Å²) < 4.78 is 0.191. The SMILES string of the molecule is CCCCCCN1C(=O)/C(=C2\SC(=S)N(NC(=O)c3ccccc3C)C2=O)c2ccccc21. The Kier molecular flexibility index (Phi) is 6.95. The number of hydrogen-bond donors (Lipinski definition) is 1. The van der Waals surface area contributed by atoms with Crippen molar-refractivity contribution >= 4 is 57.3 Å². The van der Waals surface area contributed by atoms with Gasteiger partial charge in [0.05, 0.1) is 16.2 Å². The fraction of sp³-hybridized carbons (Fsp3) is 0.280. The van der Waals surface area contributed by atoms with Crippen LogP contribution in [0.1, 0.15) is 54.1 Å². The largest absolute Gasteiger partial charge is 0.308 e. The van der Waals surface area contributed by atoms with Crippen molar-refractivity contribution in [3.63, 3.8) is 0 Å². The number of nitrogens with zero attached hydrogens (tertiary/aromatic N) is 2. The minimum absolute atomic E-state index is 0.191. The predicted octanol–water partition coefficient (Wildman–Crippen LogP) is 4.84. The van der Waals surface area contributed by atoms with Gasteiger partial charge in [0.1, 0.15) is 0 Å². The lowest BCUT2D eigenvalue weighted by Crippen LogP contribution is -2.45. The van der Waals surface area contributed by atoms with E-state index in [1.54, 1.807) is 17.0 Å². The number of carbonyl (C=O) groups is 3. The van der Waals surface area contributed by atoms with E-state index in [2.05, 4.69) is 12.3 Å². The van der Waals surface area contributed by atoms with E-state index in [0.717, 1.165) is 59.3 Å².